The molecule has 30 heavy (non-hydrogen) atoms. The van der Waals surface area contributed by atoms with Gasteiger partial charge in [0.15, 0.2) is 17.7 Å². The van der Waals surface area contributed by atoms with Gasteiger partial charge in [-0.05, 0) is 13.0 Å². The van der Waals surface area contributed by atoms with E-state index in [2.05, 4.69) is 5.32 Å². The van der Waals surface area contributed by atoms with Crippen LogP contribution >= 0.6 is 0 Å². The summed E-state index contributed by atoms with van der Waals surface area (Å²) in [5.41, 5.74) is -0.892. The Bertz CT molecular complexity index is 1100. The van der Waals surface area contributed by atoms with E-state index in [1.54, 1.807) is 4.90 Å². The fraction of sp³-hybridized carbons (Fsp3) is 0.350. The van der Waals surface area contributed by atoms with Crippen molar-refractivity contribution in [1.29, 1.82) is 0 Å². The minimum atomic E-state index is -0.812. The molecular weight excluding hydrogens is 400 g/mol. The Morgan fingerprint density at radius 1 is 1.33 bits per heavy atom. The number of nitrogens with one attached hydrogen (secondary N) is 1. The number of carbonyl (C=O) groups is 2. The molecule has 2 amide bonds. The van der Waals surface area contributed by atoms with Crippen LogP contribution in [0.2, 0.25) is 0 Å². The number of ether oxygens (including phenoxy) is 2. The number of benzene rings is 1. The maximum Gasteiger partial charge on any atom is 0.276 e. The Morgan fingerprint density at radius 3 is 2.80 bits per heavy atom. The third-order valence-corrected chi connectivity index (χ3v) is 5.25. The lowest BCUT2D eigenvalue weighted by Crippen LogP contribution is -2.49. The van der Waals surface area contributed by atoms with Crippen LogP contribution in [0.1, 0.15) is 33.3 Å². The van der Waals surface area contributed by atoms with Gasteiger partial charge in [0, 0.05) is 24.4 Å². The highest BCUT2D eigenvalue weighted by atomic mass is 19.1. The number of aromatic nitrogens is 1. The van der Waals surface area contributed by atoms with Crippen molar-refractivity contribution in [2.24, 2.45) is 0 Å². The molecule has 4 rings (SSSR count). The number of amides is 2. The molecule has 0 bridgehead atoms. The summed E-state index contributed by atoms with van der Waals surface area (Å²) in [7, 11) is 1.25. The number of rotatable bonds is 4. The van der Waals surface area contributed by atoms with Crippen molar-refractivity contribution in [1.82, 2.24) is 14.8 Å². The molecule has 2 aromatic rings. The van der Waals surface area contributed by atoms with E-state index < -0.39 is 35.1 Å². The van der Waals surface area contributed by atoms with Crippen LogP contribution in [0.4, 0.5) is 8.78 Å². The summed E-state index contributed by atoms with van der Waals surface area (Å²) in [5, 5.41) is 2.44. The average Bonchev–Trinajstić information content (AvgIpc) is 3.08. The molecule has 8 nitrogen and oxygen atoms in total. The summed E-state index contributed by atoms with van der Waals surface area (Å²) in [6.45, 7) is 2.20. The van der Waals surface area contributed by atoms with Crippen LogP contribution in [-0.2, 0) is 17.8 Å². The zero-order valence-corrected chi connectivity index (χ0v) is 16.3. The number of pyridine rings is 1. The first-order valence-electron chi connectivity index (χ1n) is 9.29. The van der Waals surface area contributed by atoms with Crippen molar-refractivity contribution < 1.29 is 27.8 Å². The van der Waals surface area contributed by atoms with E-state index in [-0.39, 0.29) is 41.7 Å². The van der Waals surface area contributed by atoms with Gasteiger partial charge in [0.05, 0.1) is 26.3 Å². The van der Waals surface area contributed by atoms with Crippen LogP contribution in [0.25, 0.3) is 0 Å². The number of carbonyl (C=O) groups excluding carboxylic acids is 2. The molecule has 0 spiro atoms. The monoisotopic (exact) mass is 419 g/mol. The number of halogens is 2. The van der Waals surface area contributed by atoms with Gasteiger partial charge >= 0.3 is 0 Å². The molecule has 0 saturated carbocycles. The van der Waals surface area contributed by atoms with Gasteiger partial charge in [-0.25, -0.2) is 8.78 Å². The first kappa shape index (κ1) is 20.0. The molecule has 0 aliphatic carbocycles. The second-order valence-electron chi connectivity index (χ2n) is 7.17. The lowest BCUT2D eigenvalue weighted by Gasteiger charge is -2.34. The summed E-state index contributed by atoms with van der Waals surface area (Å²) in [5.74, 6) is -2.97. The molecule has 1 fully saturated rings. The zero-order valence-electron chi connectivity index (χ0n) is 16.3. The van der Waals surface area contributed by atoms with Crippen LogP contribution in [0.15, 0.2) is 29.2 Å². The highest BCUT2D eigenvalue weighted by Gasteiger charge is 2.43. The molecule has 1 saturated heterocycles. The minimum absolute atomic E-state index is 0.0530. The maximum absolute atomic E-state index is 13.8. The Hall–Kier alpha value is -3.27. The normalized spacial score (nSPS) is 20.0. The van der Waals surface area contributed by atoms with Crippen LogP contribution < -0.4 is 15.5 Å². The molecule has 0 radical (unpaired) electrons. The Kier molecular flexibility index (Phi) is 5.02. The van der Waals surface area contributed by atoms with Crippen LogP contribution in [0.3, 0.4) is 0 Å². The standard InChI is InChI=1S/C20H19F2N3O5/c1-10-9-30-15-8-24-7-13(17(26)18(29-2)16(24)20(28)25(10)15)19(27)23-6-11-3-4-12(21)5-14(11)22/h3-5,7,10,15H,6,8-9H2,1-2H3,(H,23,27)/t10-,15+/m1/s1. The number of hydrogen-bond acceptors (Lipinski definition) is 5. The second-order valence-corrected chi connectivity index (χ2v) is 7.17. The third kappa shape index (κ3) is 3.22. The SMILES string of the molecule is COc1c2n(cc(C(=O)NCc3ccc(F)cc3F)c1=O)C[C@@H]1OC[C@@H](C)N1C2=O. The number of fused-ring (bicyclic) bond motifs is 2. The van der Waals surface area contributed by atoms with Crippen LogP contribution in [0.5, 0.6) is 5.75 Å². The average molecular weight is 419 g/mol. The summed E-state index contributed by atoms with van der Waals surface area (Å²) < 4.78 is 39.1. The second kappa shape index (κ2) is 7.52. The molecule has 1 aromatic carbocycles. The molecule has 3 heterocycles. The fourth-order valence-corrected chi connectivity index (χ4v) is 3.75. The molecule has 1 N–H and O–H groups in total. The Morgan fingerprint density at radius 2 is 2.10 bits per heavy atom. The largest absolute Gasteiger partial charge is 0.491 e. The molecule has 2 atom stereocenters. The summed E-state index contributed by atoms with van der Waals surface area (Å²) in [4.78, 5) is 39.9. The molecule has 2 aliphatic heterocycles. The smallest absolute Gasteiger partial charge is 0.276 e. The number of nitrogens with zero attached hydrogens (tertiary/aromatic N) is 2. The lowest BCUT2D eigenvalue weighted by molar-refractivity contribution is 0.00621. The minimum Gasteiger partial charge on any atom is -0.491 e. The fourth-order valence-electron chi connectivity index (χ4n) is 3.75. The quantitative estimate of drug-likeness (QED) is 0.806. The topological polar surface area (TPSA) is 89.9 Å². The molecule has 0 unspecified atom stereocenters. The predicted octanol–water partition coefficient (Wildman–Crippen LogP) is 1.27. The van der Waals surface area contributed by atoms with Crippen molar-refractivity contribution in [3.63, 3.8) is 0 Å². The van der Waals surface area contributed by atoms with E-state index in [1.807, 2.05) is 6.92 Å². The molecular formula is C20H19F2N3O5. The van der Waals surface area contributed by atoms with Crippen molar-refractivity contribution in [2.45, 2.75) is 32.3 Å². The third-order valence-electron chi connectivity index (χ3n) is 5.25. The maximum atomic E-state index is 13.8. The van der Waals surface area contributed by atoms with E-state index in [4.69, 9.17) is 9.47 Å². The predicted molar refractivity (Wildman–Crippen MR) is 100 cm³/mol. The van der Waals surface area contributed by atoms with Crippen molar-refractivity contribution >= 4 is 11.8 Å². The number of hydrogen-bond donors (Lipinski definition) is 1. The van der Waals surface area contributed by atoms with Gasteiger partial charge in [0.1, 0.15) is 17.2 Å². The Labute approximate surface area is 170 Å². The summed E-state index contributed by atoms with van der Waals surface area (Å²) in [6, 6.07) is 2.83. The summed E-state index contributed by atoms with van der Waals surface area (Å²) >= 11 is 0. The van der Waals surface area contributed by atoms with Crippen molar-refractivity contribution in [3.05, 3.63) is 63.1 Å². The van der Waals surface area contributed by atoms with Gasteiger partial charge in [0.2, 0.25) is 5.43 Å². The Balaban J connectivity index is 1.66. The first-order chi connectivity index (χ1) is 14.3. The van der Waals surface area contributed by atoms with Gasteiger partial charge in [-0.3, -0.25) is 14.4 Å². The summed E-state index contributed by atoms with van der Waals surface area (Å²) in [6.07, 6.45) is 0.773. The molecule has 10 heteroatoms. The van der Waals surface area contributed by atoms with Gasteiger partial charge in [-0.1, -0.05) is 6.07 Å². The molecule has 2 aliphatic rings. The number of methoxy groups -OCH3 is 1. The zero-order chi connectivity index (χ0) is 21.6. The van der Waals surface area contributed by atoms with Crippen molar-refractivity contribution in [2.75, 3.05) is 13.7 Å². The lowest BCUT2D eigenvalue weighted by atomic mass is 10.1. The van der Waals surface area contributed by atoms with E-state index in [1.165, 1.54) is 23.9 Å². The van der Waals surface area contributed by atoms with E-state index in [9.17, 15) is 23.2 Å². The van der Waals surface area contributed by atoms with Gasteiger partial charge < -0.3 is 24.3 Å². The van der Waals surface area contributed by atoms with Crippen LogP contribution in [-0.4, -0.2) is 47.3 Å². The van der Waals surface area contributed by atoms with Gasteiger partial charge in [-0.2, -0.15) is 0 Å². The molecule has 1 aromatic heterocycles. The highest BCUT2D eigenvalue weighted by molar-refractivity contribution is 5.99. The molecule has 158 valence electrons. The van der Waals surface area contributed by atoms with Crippen molar-refractivity contribution in [3.8, 4) is 5.75 Å². The van der Waals surface area contributed by atoms with Gasteiger partial charge in [-0.15, -0.1) is 0 Å². The van der Waals surface area contributed by atoms with Crippen LogP contribution in [0, 0.1) is 11.6 Å². The van der Waals surface area contributed by atoms with Gasteiger partial charge in [0.25, 0.3) is 11.8 Å². The highest BCUT2D eigenvalue weighted by Crippen LogP contribution is 2.29. The first-order valence-corrected chi connectivity index (χ1v) is 9.29. The van der Waals surface area contributed by atoms with E-state index in [0.29, 0.717) is 12.7 Å². The van der Waals surface area contributed by atoms with E-state index >= 15 is 0 Å². The van der Waals surface area contributed by atoms with E-state index in [0.717, 1.165) is 6.07 Å².